The normalized spacial score (nSPS) is 10.4. The van der Waals surface area contributed by atoms with Crippen LogP contribution in [0.25, 0.3) is 11.5 Å². The molecule has 2 aromatic carbocycles. The SMILES string of the molecule is CC(=O)Nc1ccccc1-c1nc(Cc2ccccc2)no1. The minimum atomic E-state index is -0.142. The number of aromatic nitrogens is 2. The van der Waals surface area contributed by atoms with E-state index >= 15 is 0 Å². The molecule has 0 aliphatic rings. The van der Waals surface area contributed by atoms with E-state index in [4.69, 9.17) is 4.52 Å². The molecule has 5 heteroatoms. The van der Waals surface area contributed by atoms with Gasteiger partial charge in [-0.05, 0) is 17.7 Å². The zero-order valence-corrected chi connectivity index (χ0v) is 12.1. The molecule has 0 saturated carbocycles. The Kier molecular flexibility index (Phi) is 3.96. The fourth-order valence-electron chi connectivity index (χ4n) is 2.18. The van der Waals surface area contributed by atoms with Crippen LogP contribution in [0.3, 0.4) is 0 Å². The van der Waals surface area contributed by atoms with Gasteiger partial charge in [0.1, 0.15) is 0 Å². The van der Waals surface area contributed by atoms with Gasteiger partial charge in [-0.15, -0.1) is 0 Å². The molecule has 0 aliphatic carbocycles. The predicted octanol–water partition coefficient (Wildman–Crippen LogP) is 3.29. The molecule has 1 heterocycles. The number of nitrogens with one attached hydrogen (secondary N) is 1. The van der Waals surface area contributed by atoms with Crippen molar-refractivity contribution in [2.75, 3.05) is 5.32 Å². The fraction of sp³-hybridized carbons (Fsp3) is 0.118. The van der Waals surface area contributed by atoms with Gasteiger partial charge in [-0.2, -0.15) is 4.98 Å². The van der Waals surface area contributed by atoms with Crippen molar-refractivity contribution in [1.82, 2.24) is 10.1 Å². The second-order valence-corrected chi connectivity index (χ2v) is 4.90. The molecule has 1 amide bonds. The molecule has 0 aliphatic heterocycles. The Morgan fingerprint density at radius 2 is 1.82 bits per heavy atom. The molecule has 3 aromatic rings. The standard InChI is InChI=1S/C17H15N3O2/c1-12(21)18-15-10-6-5-9-14(15)17-19-16(20-22-17)11-13-7-3-2-4-8-13/h2-10H,11H2,1H3,(H,18,21). The van der Waals surface area contributed by atoms with Crippen LogP contribution in [0.1, 0.15) is 18.3 Å². The number of benzene rings is 2. The topological polar surface area (TPSA) is 68.0 Å². The number of amides is 1. The van der Waals surface area contributed by atoms with E-state index in [-0.39, 0.29) is 5.91 Å². The van der Waals surface area contributed by atoms with Crippen molar-refractivity contribution in [3.8, 4) is 11.5 Å². The Bertz CT molecular complexity index is 781. The lowest BCUT2D eigenvalue weighted by Crippen LogP contribution is -2.06. The van der Waals surface area contributed by atoms with Crippen molar-refractivity contribution >= 4 is 11.6 Å². The number of rotatable bonds is 4. The van der Waals surface area contributed by atoms with Crippen molar-refractivity contribution in [2.24, 2.45) is 0 Å². The van der Waals surface area contributed by atoms with Gasteiger partial charge in [0, 0.05) is 13.3 Å². The molecule has 1 N–H and O–H groups in total. The van der Waals surface area contributed by atoms with Crippen LogP contribution in [-0.4, -0.2) is 16.0 Å². The molecule has 0 unspecified atom stereocenters. The molecule has 0 fully saturated rings. The van der Waals surface area contributed by atoms with Gasteiger partial charge in [0.05, 0.1) is 11.3 Å². The van der Waals surface area contributed by atoms with E-state index in [2.05, 4.69) is 15.5 Å². The molecule has 0 atom stereocenters. The van der Waals surface area contributed by atoms with Crippen molar-refractivity contribution in [3.05, 3.63) is 66.0 Å². The van der Waals surface area contributed by atoms with E-state index in [1.54, 1.807) is 6.07 Å². The molecule has 22 heavy (non-hydrogen) atoms. The van der Waals surface area contributed by atoms with E-state index in [1.165, 1.54) is 6.92 Å². The largest absolute Gasteiger partial charge is 0.334 e. The summed E-state index contributed by atoms with van der Waals surface area (Å²) in [6, 6.07) is 17.3. The molecule has 0 radical (unpaired) electrons. The Balaban J connectivity index is 1.86. The zero-order valence-electron chi connectivity index (χ0n) is 12.1. The van der Waals surface area contributed by atoms with Gasteiger partial charge in [0.15, 0.2) is 5.82 Å². The fourth-order valence-corrected chi connectivity index (χ4v) is 2.18. The number of para-hydroxylation sites is 1. The maximum atomic E-state index is 11.3. The average molecular weight is 293 g/mol. The third-order valence-electron chi connectivity index (χ3n) is 3.14. The summed E-state index contributed by atoms with van der Waals surface area (Å²) in [6.45, 7) is 1.46. The van der Waals surface area contributed by atoms with Gasteiger partial charge >= 0.3 is 0 Å². The van der Waals surface area contributed by atoms with Crippen LogP contribution in [0, 0.1) is 0 Å². The van der Waals surface area contributed by atoms with Crippen molar-refractivity contribution in [1.29, 1.82) is 0 Å². The third kappa shape index (κ3) is 3.20. The summed E-state index contributed by atoms with van der Waals surface area (Å²) in [5.41, 5.74) is 2.49. The lowest BCUT2D eigenvalue weighted by molar-refractivity contribution is -0.114. The lowest BCUT2D eigenvalue weighted by atomic mass is 10.1. The number of nitrogens with zero attached hydrogens (tertiary/aromatic N) is 2. The molecular weight excluding hydrogens is 278 g/mol. The smallest absolute Gasteiger partial charge is 0.260 e. The first kappa shape index (κ1) is 14.0. The molecule has 0 bridgehead atoms. The summed E-state index contributed by atoms with van der Waals surface area (Å²) >= 11 is 0. The van der Waals surface area contributed by atoms with E-state index in [0.29, 0.717) is 29.4 Å². The van der Waals surface area contributed by atoms with Gasteiger partial charge in [-0.25, -0.2) is 0 Å². The van der Waals surface area contributed by atoms with Crippen molar-refractivity contribution in [2.45, 2.75) is 13.3 Å². The maximum absolute atomic E-state index is 11.3. The summed E-state index contributed by atoms with van der Waals surface area (Å²) in [5, 5.41) is 6.77. The second-order valence-electron chi connectivity index (χ2n) is 4.90. The highest BCUT2D eigenvalue weighted by atomic mass is 16.5. The monoisotopic (exact) mass is 293 g/mol. The predicted molar refractivity (Wildman–Crippen MR) is 83.3 cm³/mol. The molecule has 0 saturated heterocycles. The number of carbonyl (C=O) groups is 1. The highest BCUT2D eigenvalue weighted by molar-refractivity contribution is 5.92. The molecule has 3 rings (SSSR count). The molecule has 1 aromatic heterocycles. The van der Waals surface area contributed by atoms with E-state index in [0.717, 1.165) is 5.56 Å². The molecule has 5 nitrogen and oxygen atoms in total. The summed E-state index contributed by atoms with van der Waals surface area (Å²) in [4.78, 5) is 15.7. The first-order valence-electron chi connectivity index (χ1n) is 6.96. The Labute approximate surface area is 128 Å². The minimum Gasteiger partial charge on any atom is -0.334 e. The van der Waals surface area contributed by atoms with Crippen LogP contribution in [0.2, 0.25) is 0 Å². The number of carbonyl (C=O) groups excluding carboxylic acids is 1. The summed E-state index contributed by atoms with van der Waals surface area (Å²) < 4.78 is 5.33. The van der Waals surface area contributed by atoms with Gasteiger partial charge < -0.3 is 9.84 Å². The average Bonchev–Trinajstić information content (AvgIpc) is 2.96. The Morgan fingerprint density at radius 3 is 2.59 bits per heavy atom. The van der Waals surface area contributed by atoms with Gasteiger partial charge in [0.25, 0.3) is 5.89 Å². The van der Waals surface area contributed by atoms with Crippen LogP contribution in [0.15, 0.2) is 59.1 Å². The van der Waals surface area contributed by atoms with E-state index in [9.17, 15) is 4.79 Å². The lowest BCUT2D eigenvalue weighted by Gasteiger charge is -2.05. The molecule has 0 spiro atoms. The Morgan fingerprint density at radius 1 is 1.09 bits per heavy atom. The highest BCUT2D eigenvalue weighted by Crippen LogP contribution is 2.26. The molecule has 110 valence electrons. The van der Waals surface area contributed by atoms with Crippen LogP contribution in [-0.2, 0) is 11.2 Å². The van der Waals surface area contributed by atoms with E-state index < -0.39 is 0 Å². The van der Waals surface area contributed by atoms with Crippen LogP contribution >= 0.6 is 0 Å². The maximum Gasteiger partial charge on any atom is 0.260 e. The zero-order chi connectivity index (χ0) is 15.4. The van der Waals surface area contributed by atoms with Gasteiger partial charge in [-0.3, -0.25) is 4.79 Å². The summed E-state index contributed by atoms with van der Waals surface area (Å²) in [5.74, 6) is 0.866. The third-order valence-corrected chi connectivity index (χ3v) is 3.14. The molecular formula is C17H15N3O2. The number of hydrogen-bond donors (Lipinski definition) is 1. The summed E-state index contributed by atoms with van der Waals surface area (Å²) in [7, 11) is 0. The number of hydrogen-bond acceptors (Lipinski definition) is 4. The summed E-state index contributed by atoms with van der Waals surface area (Å²) in [6.07, 6.45) is 0.604. The Hall–Kier alpha value is -2.95. The van der Waals surface area contributed by atoms with Crippen molar-refractivity contribution < 1.29 is 9.32 Å². The highest BCUT2D eigenvalue weighted by Gasteiger charge is 2.13. The van der Waals surface area contributed by atoms with Crippen LogP contribution in [0.4, 0.5) is 5.69 Å². The van der Waals surface area contributed by atoms with Crippen LogP contribution < -0.4 is 5.32 Å². The first-order chi connectivity index (χ1) is 10.7. The van der Waals surface area contributed by atoms with E-state index in [1.807, 2.05) is 48.5 Å². The van der Waals surface area contributed by atoms with Crippen LogP contribution in [0.5, 0.6) is 0 Å². The quantitative estimate of drug-likeness (QED) is 0.801. The van der Waals surface area contributed by atoms with Crippen molar-refractivity contribution in [3.63, 3.8) is 0 Å². The first-order valence-corrected chi connectivity index (χ1v) is 6.96. The van der Waals surface area contributed by atoms with Gasteiger partial charge in [-0.1, -0.05) is 47.6 Å². The second kappa shape index (κ2) is 6.22. The van der Waals surface area contributed by atoms with Gasteiger partial charge in [0.2, 0.25) is 5.91 Å². The number of anilines is 1. The minimum absolute atomic E-state index is 0.142.